The van der Waals surface area contributed by atoms with Crippen molar-refractivity contribution in [3.8, 4) is 5.75 Å². The first-order chi connectivity index (χ1) is 10.6. The van der Waals surface area contributed by atoms with Gasteiger partial charge in [-0.1, -0.05) is 34.1 Å². The Kier molecular flexibility index (Phi) is 6.34. The molecular weight excluding hydrogens is 362 g/mol. The second kappa shape index (κ2) is 8.25. The van der Waals surface area contributed by atoms with Crippen LogP contribution in [0.15, 0.2) is 53.0 Å². The van der Waals surface area contributed by atoms with E-state index in [0.717, 1.165) is 21.7 Å². The van der Waals surface area contributed by atoms with Gasteiger partial charge in [0.15, 0.2) is 0 Å². The monoisotopic (exact) mass is 379 g/mol. The number of ether oxygens (including phenoxy) is 1. The third-order valence-electron chi connectivity index (χ3n) is 3.17. The fourth-order valence-electron chi connectivity index (χ4n) is 1.82. The summed E-state index contributed by atoms with van der Waals surface area (Å²) in [5, 5.41) is 2.79. The second-order valence-corrected chi connectivity index (χ2v) is 6.95. The van der Waals surface area contributed by atoms with Crippen molar-refractivity contribution in [2.75, 3.05) is 12.4 Å². The number of methoxy groups -OCH3 is 1. The Hall–Kier alpha value is -1.46. The highest BCUT2D eigenvalue weighted by Gasteiger charge is 2.14. The van der Waals surface area contributed by atoms with Gasteiger partial charge in [-0.05, 0) is 42.8 Å². The van der Waals surface area contributed by atoms with E-state index in [9.17, 15) is 4.79 Å². The first-order valence-corrected chi connectivity index (χ1v) is 8.74. The molecule has 0 fully saturated rings. The minimum atomic E-state index is -0.130. The Bertz CT molecular complexity index is 631. The number of carbonyl (C=O) groups excluding carboxylic acids is 1. The first kappa shape index (κ1) is 16.9. The van der Waals surface area contributed by atoms with Crippen molar-refractivity contribution in [1.82, 2.24) is 0 Å². The Labute approximate surface area is 143 Å². The third kappa shape index (κ3) is 4.78. The van der Waals surface area contributed by atoms with Crippen LogP contribution in [0.3, 0.4) is 0 Å². The van der Waals surface area contributed by atoms with Gasteiger partial charge >= 0.3 is 0 Å². The molecule has 22 heavy (non-hydrogen) atoms. The molecule has 0 bridgehead atoms. The van der Waals surface area contributed by atoms with Gasteiger partial charge in [0.1, 0.15) is 5.75 Å². The van der Waals surface area contributed by atoms with Gasteiger partial charge in [0.25, 0.3) is 0 Å². The van der Waals surface area contributed by atoms with E-state index in [1.807, 2.05) is 49.4 Å². The molecule has 0 unspecified atom stereocenters. The van der Waals surface area contributed by atoms with Crippen LogP contribution in [0, 0.1) is 0 Å². The Morgan fingerprint density at radius 3 is 2.55 bits per heavy atom. The van der Waals surface area contributed by atoms with Crippen molar-refractivity contribution in [1.29, 1.82) is 0 Å². The summed E-state index contributed by atoms with van der Waals surface area (Å²) in [5.74, 6) is 1.56. The van der Waals surface area contributed by atoms with Crippen molar-refractivity contribution in [3.63, 3.8) is 0 Å². The minimum absolute atomic E-state index is 0.00206. The number of anilines is 1. The van der Waals surface area contributed by atoms with Crippen LogP contribution in [0.1, 0.15) is 12.5 Å². The van der Waals surface area contributed by atoms with Gasteiger partial charge in [-0.25, -0.2) is 0 Å². The SMILES string of the molecule is COc1ccc(NC(=O)[C@@H](C)SCc2ccccc2Br)cc1. The maximum atomic E-state index is 12.2. The quantitative estimate of drug-likeness (QED) is 0.788. The number of hydrogen-bond acceptors (Lipinski definition) is 3. The molecule has 116 valence electrons. The molecule has 0 aliphatic carbocycles. The van der Waals surface area contributed by atoms with Gasteiger partial charge in [-0.15, -0.1) is 11.8 Å². The van der Waals surface area contributed by atoms with Crippen molar-refractivity contribution < 1.29 is 9.53 Å². The zero-order valence-electron chi connectivity index (χ0n) is 12.5. The molecule has 0 radical (unpaired) electrons. The molecule has 1 N–H and O–H groups in total. The lowest BCUT2D eigenvalue weighted by Gasteiger charge is -2.13. The summed E-state index contributed by atoms with van der Waals surface area (Å²) in [7, 11) is 1.62. The van der Waals surface area contributed by atoms with Crippen LogP contribution in [0.5, 0.6) is 5.75 Å². The predicted molar refractivity (Wildman–Crippen MR) is 96.5 cm³/mol. The molecule has 0 heterocycles. The lowest BCUT2D eigenvalue weighted by molar-refractivity contribution is -0.115. The summed E-state index contributed by atoms with van der Waals surface area (Å²) >= 11 is 5.14. The summed E-state index contributed by atoms with van der Waals surface area (Å²) in [6.07, 6.45) is 0. The number of rotatable bonds is 6. The molecule has 1 atom stereocenters. The van der Waals surface area contributed by atoms with Gasteiger partial charge in [-0.3, -0.25) is 4.79 Å². The number of hydrogen-bond donors (Lipinski definition) is 1. The summed E-state index contributed by atoms with van der Waals surface area (Å²) in [6, 6.07) is 15.4. The zero-order valence-corrected chi connectivity index (χ0v) is 14.9. The number of halogens is 1. The Morgan fingerprint density at radius 1 is 1.23 bits per heavy atom. The van der Waals surface area contributed by atoms with E-state index in [4.69, 9.17) is 4.74 Å². The maximum Gasteiger partial charge on any atom is 0.237 e. The fourth-order valence-corrected chi connectivity index (χ4v) is 3.33. The van der Waals surface area contributed by atoms with Gasteiger partial charge in [-0.2, -0.15) is 0 Å². The smallest absolute Gasteiger partial charge is 0.237 e. The molecular formula is C17H18BrNO2S. The average molecular weight is 380 g/mol. The Morgan fingerprint density at radius 2 is 1.91 bits per heavy atom. The van der Waals surface area contributed by atoms with Crippen molar-refractivity contribution in [2.45, 2.75) is 17.9 Å². The van der Waals surface area contributed by atoms with Crippen molar-refractivity contribution in [2.24, 2.45) is 0 Å². The normalized spacial score (nSPS) is 11.8. The Balaban J connectivity index is 1.87. The van der Waals surface area contributed by atoms with Crippen LogP contribution < -0.4 is 10.1 Å². The zero-order chi connectivity index (χ0) is 15.9. The van der Waals surface area contributed by atoms with Gasteiger partial charge in [0.2, 0.25) is 5.91 Å². The highest BCUT2D eigenvalue weighted by molar-refractivity contribution is 9.10. The lowest BCUT2D eigenvalue weighted by atomic mass is 10.2. The number of nitrogens with one attached hydrogen (secondary N) is 1. The van der Waals surface area contributed by atoms with E-state index in [1.54, 1.807) is 18.9 Å². The second-order valence-electron chi connectivity index (χ2n) is 4.76. The molecule has 0 spiro atoms. The van der Waals surface area contributed by atoms with Crippen LogP contribution in [-0.4, -0.2) is 18.3 Å². The minimum Gasteiger partial charge on any atom is -0.497 e. The summed E-state index contributed by atoms with van der Waals surface area (Å²) in [5.41, 5.74) is 1.97. The number of amides is 1. The fraction of sp³-hybridized carbons (Fsp3) is 0.235. The summed E-state index contributed by atoms with van der Waals surface area (Å²) in [6.45, 7) is 1.92. The molecule has 2 rings (SSSR count). The van der Waals surface area contributed by atoms with Crippen LogP contribution >= 0.6 is 27.7 Å². The molecule has 3 nitrogen and oxygen atoms in total. The molecule has 0 aliphatic rings. The first-order valence-electron chi connectivity index (χ1n) is 6.90. The molecule has 0 aromatic heterocycles. The van der Waals surface area contributed by atoms with Gasteiger partial charge < -0.3 is 10.1 Å². The molecule has 0 saturated heterocycles. The van der Waals surface area contributed by atoms with Gasteiger partial charge in [0.05, 0.1) is 12.4 Å². The van der Waals surface area contributed by atoms with E-state index >= 15 is 0 Å². The molecule has 5 heteroatoms. The topological polar surface area (TPSA) is 38.3 Å². The molecule has 1 amide bonds. The summed E-state index contributed by atoms with van der Waals surface area (Å²) < 4.78 is 6.17. The number of carbonyl (C=O) groups is 1. The average Bonchev–Trinajstić information content (AvgIpc) is 2.54. The van der Waals surface area contributed by atoms with Crippen LogP contribution in [-0.2, 0) is 10.5 Å². The largest absolute Gasteiger partial charge is 0.497 e. The number of thioether (sulfide) groups is 1. The van der Waals surface area contributed by atoms with Crippen molar-refractivity contribution >= 4 is 39.3 Å². The molecule has 0 saturated carbocycles. The van der Waals surface area contributed by atoms with E-state index in [-0.39, 0.29) is 11.2 Å². The number of benzene rings is 2. The predicted octanol–water partition coefficient (Wildman–Crippen LogP) is 4.72. The third-order valence-corrected chi connectivity index (χ3v) is 5.14. The van der Waals surface area contributed by atoms with Crippen molar-refractivity contribution in [3.05, 3.63) is 58.6 Å². The highest BCUT2D eigenvalue weighted by atomic mass is 79.9. The standard InChI is InChI=1S/C17H18BrNO2S/c1-12(22-11-13-5-3-4-6-16(13)18)17(20)19-14-7-9-15(21-2)10-8-14/h3-10,12H,11H2,1-2H3,(H,19,20)/t12-/m1/s1. The van der Waals surface area contributed by atoms with E-state index in [0.29, 0.717) is 0 Å². The van der Waals surface area contributed by atoms with Crippen LogP contribution in [0.4, 0.5) is 5.69 Å². The summed E-state index contributed by atoms with van der Waals surface area (Å²) in [4.78, 5) is 12.2. The highest BCUT2D eigenvalue weighted by Crippen LogP contribution is 2.24. The van der Waals surface area contributed by atoms with Crippen LogP contribution in [0.2, 0.25) is 0 Å². The molecule has 0 aliphatic heterocycles. The maximum absolute atomic E-state index is 12.2. The van der Waals surface area contributed by atoms with Gasteiger partial charge in [0, 0.05) is 15.9 Å². The van der Waals surface area contributed by atoms with Crippen LogP contribution in [0.25, 0.3) is 0 Å². The molecule has 2 aromatic carbocycles. The van der Waals surface area contributed by atoms with E-state index < -0.39 is 0 Å². The van der Waals surface area contributed by atoms with E-state index in [1.165, 1.54) is 5.56 Å². The lowest BCUT2D eigenvalue weighted by Crippen LogP contribution is -2.22. The molecule has 2 aromatic rings. The van der Waals surface area contributed by atoms with E-state index in [2.05, 4.69) is 27.3 Å².